The number of hydrogen-bond donors (Lipinski definition) is 1. The van der Waals surface area contributed by atoms with Crippen molar-refractivity contribution in [1.29, 1.82) is 0 Å². The highest BCUT2D eigenvalue weighted by molar-refractivity contribution is 14.0. The summed E-state index contributed by atoms with van der Waals surface area (Å²) in [6.45, 7) is 8.01. The molecule has 2 fully saturated rings. The highest BCUT2D eigenvalue weighted by Gasteiger charge is 2.40. The molecule has 1 N–H and O–H groups in total. The molecule has 1 aromatic rings. The van der Waals surface area contributed by atoms with Crippen LogP contribution in [0.3, 0.4) is 0 Å². The van der Waals surface area contributed by atoms with Gasteiger partial charge in [-0.15, -0.1) is 24.0 Å². The Kier molecular flexibility index (Phi) is 9.27. The summed E-state index contributed by atoms with van der Waals surface area (Å²) in [5, 5.41) is 3.31. The number of benzene rings is 1. The Balaban J connectivity index is 0.00000320. The van der Waals surface area contributed by atoms with E-state index in [0.29, 0.717) is 25.7 Å². The summed E-state index contributed by atoms with van der Waals surface area (Å²) < 4.78 is 29.8. The molecule has 0 spiro atoms. The predicted octanol–water partition coefficient (Wildman–Crippen LogP) is 3.64. The number of hydrogen-bond acceptors (Lipinski definition) is 4. The van der Waals surface area contributed by atoms with E-state index < -0.39 is 14.6 Å². The molecule has 6 nitrogen and oxygen atoms in total. The lowest BCUT2D eigenvalue weighted by Crippen LogP contribution is -2.57. The minimum absolute atomic E-state index is 0. The Labute approximate surface area is 198 Å². The van der Waals surface area contributed by atoms with Gasteiger partial charge in [-0.1, -0.05) is 12.1 Å². The first-order chi connectivity index (χ1) is 13.8. The third kappa shape index (κ3) is 6.48. The van der Waals surface area contributed by atoms with E-state index in [0.717, 1.165) is 37.5 Å². The number of halogens is 1. The van der Waals surface area contributed by atoms with E-state index in [-0.39, 0.29) is 29.7 Å². The minimum atomic E-state index is -3.06. The van der Waals surface area contributed by atoms with Gasteiger partial charge >= 0.3 is 0 Å². The fraction of sp³-hybridized carbons (Fsp3) is 0.682. The predicted molar refractivity (Wildman–Crippen MR) is 134 cm³/mol. The van der Waals surface area contributed by atoms with Gasteiger partial charge in [0.15, 0.2) is 15.8 Å². The molecule has 1 aromatic carbocycles. The van der Waals surface area contributed by atoms with E-state index in [9.17, 15) is 8.42 Å². The molecule has 1 saturated carbocycles. The second-order valence-corrected chi connectivity index (χ2v) is 11.4. The van der Waals surface area contributed by atoms with E-state index in [1.54, 1.807) is 13.8 Å². The van der Waals surface area contributed by atoms with Crippen LogP contribution in [0.25, 0.3) is 0 Å². The molecule has 0 atom stereocenters. The molecule has 0 bridgehead atoms. The molecule has 1 aliphatic heterocycles. The lowest BCUT2D eigenvalue weighted by atomic mass is 10.1. The monoisotopic (exact) mass is 549 g/mol. The molecule has 1 saturated heterocycles. The fourth-order valence-corrected chi connectivity index (χ4v) is 5.34. The Morgan fingerprint density at radius 1 is 1.23 bits per heavy atom. The van der Waals surface area contributed by atoms with Crippen LogP contribution in [-0.4, -0.2) is 62.1 Å². The molecular formula is C22H36IN3O3S. The zero-order chi connectivity index (χ0) is 20.9. The van der Waals surface area contributed by atoms with Gasteiger partial charge in [-0.25, -0.2) is 8.42 Å². The molecule has 30 heavy (non-hydrogen) atoms. The number of ether oxygens (including phenoxy) is 1. The molecule has 0 unspecified atom stereocenters. The molecule has 3 rings (SSSR count). The first-order valence-corrected chi connectivity index (χ1v) is 12.5. The SMILES string of the molecule is CCNC(=NCCc1ccc(OC2CCCC2)cc1)N1CCS(=O)(=O)C(C)(C)C1.I. The van der Waals surface area contributed by atoms with E-state index in [1.165, 1.54) is 18.4 Å². The second kappa shape index (κ2) is 11.0. The van der Waals surface area contributed by atoms with Gasteiger partial charge in [0.05, 0.1) is 16.6 Å². The molecule has 2 aliphatic rings. The fourth-order valence-electron chi connectivity index (χ4n) is 3.97. The molecule has 0 aromatic heterocycles. The van der Waals surface area contributed by atoms with Crippen molar-refractivity contribution in [2.24, 2.45) is 4.99 Å². The first kappa shape index (κ1) is 25.2. The van der Waals surface area contributed by atoms with Crippen molar-refractivity contribution in [2.45, 2.75) is 63.7 Å². The third-order valence-corrected chi connectivity index (χ3v) is 8.40. The van der Waals surface area contributed by atoms with Gasteiger partial charge in [0.1, 0.15) is 5.75 Å². The van der Waals surface area contributed by atoms with E-state index in [1.807, 2.05) is 6.92 Å². The first-order valence-electron chi connectivity index (χ1n) is 10.8. The van der Waals surface area contributed by atoms with Crippen molar-refractivity contribution in [3.8, 4) is 5.75 Å². The molecule has 170 valence electrons. The highest BCUT2D eigenvalue weighted by Crippen LogP contribution is 2.25. The Morgan fingerprint density at radius 3 is 2.50 bits per heavy atom. The molecule has 1 heterocycles. The van der Waals surface area contributed by atoms with Crippen LogP contribution in [0.2, 0.25) is 0 Å². The van der Waals surface area contributed by atoms with Crippen LogP contribution in [0.4, 0.5) is 0 Å². The van der Waals surface area contributed by atoms with Gasteiger partial charge in [-0.3, -0.25) is 4.99 Å². The Morgan fingerprint density at radius 2 is 1.90 bits per heavy atom. The second-order valence-electron chi connectivity index (χ2n) is 8.65. The molecule has 8 heteroatoms. The Hall–Kier alpha value is -1.03. The van der Waals surface area contributed by atoms with Gasteiger partial charge in [-0.2, -0.15) is 0 Å². The van der Waals surface area contributed by atoms with Crippen LogP contribution in [0.15, 0.2) is 29.3 Å². The van der Waals surface area contributed by atoms with E-state index >= 15 is 0 Å². The molecule has 1 aliphatic carbocycles. The summed E-state index contributed by atoms with van der Waals surface area (Å²) in [6.07, 6.45) is 6.10. The summed E-state index contributed by atoms with van der Waals surface area (Å²) in [7, 11) is -3.06. The average molecular weight is 550 g/mol. The maximum atomic E-state index is 12.3. The maximum Gasteiger partial charge on any atom is 0.194 e. The highest BCUT2D eigenvalue weighted by atomic mass is 127. The summed E-state index contributed by atoms with van der Waals surface area (Å²) in [4.78, 5) is 6.83. The van der Waals surface area contributed by atoms with Crippen LogP contribution in [0, 0.1) is 0 Å². The van der Waals surface area contributed by atoms with Gasteiger partial charge in [0.2, 0.25) is 0 Å². The number of nitrogens with zero attached hydrogens (tertiary/aromatic N) is 2. The van der Waals surface area contributed by atoms with Crippen molar-refractivity contribution in [3.05, 3.63) is 29.8 Å². The molecule has 0 amide bonds. The van der Waals surface area contributed by atoms with Crippen molar-refractivity contribution >= 4 is 39.8 Å². The number of guanidine groups is 1. The minimum Gasteiger partial charge on any atom is -0.490 e. The van der Waals surface area contributed by atoms with Gasteiger partial charge in [0.25, 0.3) is 0 Å². The zero-order valence-corrected chi connectivity index (χ0v) is 21.5. The van der Waals surface area contributed by atoms with Gasteiger partial charge < -0.3 is 15.0 Å². The van der Waals surface area contributed by atoms with Crippen LogP contribution in [0.5, 0.6) is 5.75 Å². The third-order valence-electron chi connectivity index (χ3n) is 5.87. The topological polar surface area (TPSA) is 71.0 Å². The van der Waals surface area contributed by atoms with Crippen LogP contribution >= 0.6 is 24.0 Å². The number of rotatable bonds is 6. The standard InChI is InChI=1S/C22H35N3O3S.HI/c1-4-23-21(25-15-16-29(26,27)22(2,3)17-25)24-14-13-18-9-11-20(12-10-18)28-19-7-5-6-8-19;/h9-12,19H,4-8,13-17H2,1-3H3,(H,23,24);1H. The lowest BCUT2D eigenvalue weighted by Gasteiger charge is -2.39. The van der Waals surface area contributed by atoms with Crippen molar-refractivity contribution in [3.63, 3.8) is 0 Å². The van der Waals surface area contributed by atoms with Crippen molar-refractivity contribution < 1.29 is 13.2 Å². The lowest BCUT2D eigenvalue weighted by molar-refractivity contribution is 0.210. The van der Waals surface area contributed by atoms with Crippen molar-refractivity contribution in [1.82, 2.24) is 10.2 Å². The number of nitrogens with one attached hydrogen (secondary N) is 1. The smallest absolute Gasteiger partial charge is 0.194 e. The summed E-state index contributed by atoms with van der Waals surface area (Å²) >= 11 is 0. The Bertz CT molecular complexity index is 803. The summed E-state index contributed by atoms with van der Waals surface area (Å²) in [5.74, 6) is 1.93. The summed E-state index contributed by atoms with van der Waals surface area (Å²) in [6, 6.07) is 8.34. The number of aliphatic imine (C=N–C) groups is 1. The average Bonchev–Trinajstić information content (AvgIpc) is 3.18. The molecule has 0 radical (unpaired) electrons. The van der Waals surface area contributed by atoms with Crippen LogP contribution < -0.4 is 10.1 Å². The largest absolute Gasteiger partial charge is 0.490 e. The zero-order valence-electron chi connectivity index (χ0n) is 18.4. The number of sulfone groups is 1. The van der Waals surface area contributed by atoms with E-state index in [2.05, 4.69) is 34.5 Å². The van der Waals surface area contributed by atoms with Gasteiger partial charge in [-0.05, 0) is 70.6 Å². The van der Waals surface area contributed by atoms with Crippen molar-refractivity contribution in [2.75, 3.05) is 31.9 Å². The van der Waals surface area contributed by atoms with Crippen LogP contribution in [-0.2, 0) is 16.3 Å². The molecular weight excluding hydrogens is 513 g/mol. The summed E-state index contributed by atoms with van der Waals surface area (Å²) in [5.41, 5.74) is 1.23. The van der Waals surface area contributed by atoms with Gasteiger partial charge in [0, 0.05) is 26.2 Å². The van der Waals surface area contributed by atoms with Crippen LogP contribution in [0.1, 0.15) is 52.0 Å². The quantitative estimate of drug-likeness (QED) is 0.334. The maximum absolute atomic E-state index is 12.3. The van der Waals surface area contributed by atoms with E-state index in [4.69, 9.17) is 9.73 Å². The normalized spacial score (nSPS) is 21.2.